The van der Waals surface area contributed by atoms with E-state index in [1.165, 1.54) is 29.0 Å². The standard InChI is InChI=1S/C19H18FN3OS/c20-16-11-9-15(10-12-16)13-17(24)21-19-23-22-18(25-19)8-4-7-14-5-2-1-3-6-14/h1-3,5-6,9-12H,4,7-8,13H2,(H,21,23,24). The van der Waals surface area contributed by atoms with E-state index >= 15 is 0 Å². The molecule has 0 fully saturated rings. The maximum absolute atomic E-state index is 12.9. The van der Waals surface area contributed by atoms with Crippen LogP contribution in [0.1, 0.15) is 22.6 Å². The molecule has 3 rings (SSSR count). The molecule has 2 aromatic carbocycles. The Bertz CT molecular complexity index is 818. The minimum Gasteiger partial charge on any atom is -0.300 e. The molecule has 0 aliphatic carbocycles. The quantitative estimate of drug-likeness (QED) is 0.696. The smallest absolute Gasteiger partial charge is 0.230 e. The van der Waals surface area contributed by atoms with Gasteiger partial charge in [-0.25, -0.2) is 4.39 Å². The maximum Gasteiger partial charge on any atom is 0.230 e. The van der Waals surface area contributed by atoms with E-state index < -0.39 is 0 Å². The van der Waals surface area contributed by atoms with Gasteiger partial charge in [-0.15, -0.1) is 10.2 Å². The molecule has 1 heterocycles. The highest BCUT2D eigenvalue weighted by molar-refractivity contribution is 7.15. The second-order valence-corrected chi connectivity index (χ2v) is 6.75. The van der Waals surface area contributed by atoms with Gasteiger partial charge >= 0.3 is 0 Å². The summed E-state index contributed by atoms with van der Waals surface area (Å²) in [5, 5.41) is 12.3. The summed E-state index contributed by atoms with van der Waals surface area (Å²) in [6.07, 6.45) is 3.00. The second kappa shape index (κ2) is 8.48. The van der Waals surface area contributed by atoms with Crippen LogP contribution in [0, 0.1) is 5.82 Å². The van der Waals surface area contributed by atoms with Gasteiger partial charge in [0, 0.05) is 6.42 Å². The van der Waals surface area contributed by atoms with Crippen LogP contribution in [-0.2, 0) is 24.1 Å². The molecular formula is C19H18FN3OS. The third kappa shape index (κ3) is 5.46. The van der Waals surface area contributed by atoms with Gasteiger partial charge in [-0.05, 0) is 36.1 Å². The fourth-order valence-corrected chi connectivity index (χ4v) is 3.24. The van der Waals surface area contributed by atoms with E-state index in [1.807, 2.05) is 18.2 Å². The van der Waals surface area contributed by atoms with Gasteiger partial charge in [-0.2, -0.15) is 0 Å². The molecule has 1 amide bonds. The molecule has 0 saturated carbocycles. The average molecular weight is 355 g/mol. The van der Waals surface area contributed by atoms with E-state index in [9.17, 15) is 9.18 Å². The molecule has 1 N–H and O–H groups in total. The largest absolute Gasteiger partial charge is 0.300 e. The Labute approximate surface area is 149 Å². The van der Waals surface area contributed by atoms with Gasteiger partial charge in [0.2, 0.25) is 11.0 Å². The zero-order valence-corrected chi connectivity index (χ0v) is 14.4. The number of amides is 1. The van der Waals surface area contributed by atoms with Crippen molar-refractivity contribution in [3.05, 3.63) is 76.5 Å². The van der Waals surface area contributed by atoms with E-state index in [4.69, 9.17) is 0 Å². The Hall–Kier alpha value is -2.60. The number of aromatic nitrogens is 2. The fraction of sp³-hybridized carbons (Fsp3) is 0.211. The van der Waals surface area contributed by atoms with Crippen LogP contribution >= 0.6 is 11.3 Å². The lowest BCUT2D eigenvalue weighted by atomic mass is 10.1. The predicted molar refractivity (Wildman–Crippen MR) is 97.1 cm³/mol. The Balaban J connectivity index is 1.46. The Kier molecular flexibility index (Phi) is 5.85. The number of nitrogens with one attached hydrogen (secondary N) is 1. The molecule has 0 radical (unpaired) electrons. The third-order valence-electron chi connectivity index (χ3n) is 3.69. The molecular weight excluding hydrogens is 337 g/mol. The summed E-state index contributed by atoms with van der Waals surface area (Å²) in [4.78, 5) is 12.0. The number of hydrogen-bond acceptors (Lipinski definition) is 4. The topological polar surface area (TPSA) is 54.9 Å². The summed E-state index contributed by atoms with van der Waals surface area (Å²) < 4.78 is 12.9. The molecule has 3 aromatic rings. The summed E-state index contributed by atoms with van der Waals surface area (Å²) in [5.74, 6) is -0.494. The molecule has 128 valence electrons. The molecule has 0 unspecified atom stereocenters. The van der Waals surface area contributed by atoms with Crippen molar-refractivity contribution >= 4 is 22.4 Å². The van der Waals surface area contributed by atoms with Crippen LogP contribution in [0.15, 0.2) is 54.6 Å². The van der Waals surface area contributed by atoms with E-state index in [0.29, 0.717) is 5.13 Å². The number of carbonyl (C=O) groups excluding carboxylic acids is 1. The lowest BCUT2D eigenvalue weighted by Gasteiger charge is -2.01. The van der Waals surface area contributed by atoms with E-state index in [2.05, 4.69) is 27.6 Å². The Morgan fingerprint density at radius 1 is 0.960 bits per heavy atom. The summed E-state index contributed by atoms with van der Waals surface area (Å²) >= 11 is 1.40. The molecule has 25 heavy (non-hydrogen) atoms. The average Bonchev–Trinajstić information content (AvgIpc) is 3.05. The lowest BCUT2D eigenvalue weighted by Crippen LogP contribution is -2.14. The number of aryl methyl sites for hydroxylation is 2. The number of halogens is 1. The number of carbonyl (C=O) groups is 1. The van der Waals surface area contributed by atoms with Gasteiger partial charge in [0.15, 0.2) is 0 Å². The van der Waals surface area contributed by atoms with Gasteiger partial charge in [0.1, 0.15) is 10.8 Å². The van der Waals surface area contributed by atoms with Crippen molar-refractivity contribution in [3.8, 4) is 0 Å². The number of hydrogen-bond donors (Lipinski definition) is 1. The molecule has 0 bridgehead atoms. The van der Waals surface area contributed by atoms with Crippen molar-refractivity contribution in [2.45, 2.75) is 25.7 Å². The Morgan fingerprint density at radius 3 is 2.48 bits per heavy atom. The number of rotatable bonds is 7. The molecule has 6 heteroatoms. The summed E-state index contributed by atoms with van der Waals surface area (Å²) in [7, 11) is 0. The first-order valence-electron chi connectivity index (χ1n) is 8.09. The first-order chi connectivity index (χ1) is 12.2. The first-order valence-corrected chi connectivity index (χ1v) is 8.91. The van der Waals surface area contributed by atoms with Crippen molar-refractivity contribution < 1.29 is 9.18 Å². The maximum atomic E-state index is 12.9. The van der Waals surface area contributed by atoms with Crippen LogP contribution in [0.2, 0.25) is 0 Å². The molecule has 0 atom stereocenters. The highest BCUT2D eigenvalue weighted by Gasteiger charge is 2.09. The summed E-state index contributed by atoms with van der Waals surface area (Å²) in [6.45, 7) is 0. The van der Waals surface area contributed by atoms with Crippen LogP contribution in [0.25, 0.3) is 0 Å². The number of anilines is 1. The van der Waals surface area contributed by atoms with Crippen molar-refractivity contribution in [1.29, 1.82) is 0 Å². The van der Waals surface area contributed by atoms with Crippen molar-refractivity contribution in [1.82, 2.24) is 10.2 Å². The van der Waals surface area contributed by atoms with Crippen LogP contribution in [0.5, 0.6) is 0 Å². The van der Waals surface area contributed by atoms with Gasteiger partial charge in [-0.1, -0.05) is 53.8 Å². The number of nitrogens with zero attached hydrogens (tertiary/aromatic N) is 2. The summed E-state index contributed by atoms with van der Waals surface area (Å²) in [6, 6.07) is 16.2. The van der Waals surface area contributed by atoms with Crippen molar-refractivity contribution in [2.75, 3.05) is 5.32 Å². The van der Waals surface area contributed by atoms with E-state index in [0.717, 1.165) is 29.8 Å². The van der Waals surface area contributed by atoms with Crippen LogP contribution < -0.4 is 5.32 Å². The van der Waals surface area contributed by atoms with Gasteiger partial charge in [0.25, 0.3) is 0 Å². The molecule has 0 saturated heterocycles. The highest BCUT2D eigenvalue weighted by Crippen LogP contribution is 2.18. The van der Waals surface area contributed by atoms with Crippen LogP contribution in [-0.4, -0.2) is 16.1 Å². The lowest BCUT2D eigenvalue weighted by molar-refractivity contribution is -0.115. The Morgan fingerprint density at radius 2 is 1.72 bits per heavy atom. The normalized spacial score (nSPS) is 10.6. The third-order valence-corrected chi connectivity index (χ3v) is 4.59. The summed E-state index contributed by atoms with van der Waals surface area (Å²) in [5.41, 5.74) is 2.06. The second-order valence-electron chi connectivity index (χ2n) is 5.69. The van der Waals surface area contributed by atoms with Crippen LogP contribution in [0.3, 0.4) is 0 Å². The monoisotopic (exact) mass is 355 g/mol. The van der Waals surface area contributed by atoms with Gasteiger partial charge < -0.3 is 5.32 Å². The van der Waals surface area contributed by atoms with Gasteiger partial charge in [0.05, 0.1) is 6.42 Å². The van der Waals surface area contributed by atoms with E-state index in [1.54, 1.807) is 12.1 Å². The van der Waals surface area contributed by atoms with Crippen LogP contribution in [0.4, 0.5) is 9.52 Å². The zero-order valence-electron chi connectivity index (χ0n) is 13.6. The minimum atomic E-state index is -0.312. The molecule has 1 aromatic heterocycles. The predicted octanol–water partition coefficient (Wildman–Crippen LogP) is 4.03. The van der Waals surface area contributed by atoms with Crippen molar-refractivity contribution in [3.63, 3.8) is 0 Å². The fourth-order valence-electron chi connectivity index (χ4n) is 2.44. The number of benzene rings is 2. The molecule has 0 aliphatic rings. The molecule has 4 nitrogen and oxygen atoms in total. The molecule has 0 spiro atoms. The zero-order chi connectivity index (χ0) is 17.5. The minimum absolute atomic E-state index is 0.182. The highest BCUT2D eigenvalue weighted by atomic mass is 32.1. The molecule has 0 aliphatic heterocycles. The van der Waals surface area contributed by atoms with Gasteiger partial charge in [-0.3, -0.25) is 4.79 Å². The van der Waals surface area contributed by atoms with E-state index in [-0.39, 0.29) is 18.1 Å². The first kappa shape index (κ1) is 17.2. The van der Waals surface area contributed by atoms with Crippen molar-refractivity contribution in [2.24, 2.45) is 0 Å². The SMILES string of the molecule is O=C(Cc1ccc(F)cc1)Nc1nnc(CCCc2ccccc2)s1.